The predicted molar refractivity (Wildman–Crippen MR) is 120 cm³/mol. The van der Waals surface area contributed by atoms with Gasteiger partial charge < -0.3 is 31.3 Å². The third-order valence-electron chi connectivity index (χ3n) is 4.67. The van der Waals surface area contributed by atoms with E-state index in [9.17, 15) is 0 Å². The number of rotatable bonds is 20. The first-order chi connectivity index (χ1) is 13.9. The average molecular weight is 455 g/mol. The lowest BCUT2D eigenvalue weighted by atomic mass is 10.3. The molecule has 0 radical (unpaired) electrons. The molecule has 2 unspecified atom stereocenters. The summed E-state index contributed by atoms with van der Waals surface area (Å²) in [5.74, 6) is 0. The van der Waals surface area contributed by atoms with Crippen LogP contribution in [-0.2, 0) is 31.3 Å². The van der Waals surface area contributed by atoms with Crippen LogP contribution in [0, 0.1) is 0 Å². The summed E-state index contributed by atoms with van der Waals surface area (Å²) in [6, 6.07) is 0. The van der Waals surface area contributed by atoms with Gasteiger partial charge in [0.15, 0.2) is 0 Å². The van der Waals surface area contributed by atoms with Crippen LogP contribution >= 0.6 is 0 Å². The third-order valence-corrected chi connectivity index (χ3v) is 11.8. The van der Waals surface area contributed by atoms with E-state index < -0.39 is 17.6 Å². The summed E-state index contributed by atoms with van der Waals surface area (Å²) >= 11 is 0. The standard InChI is InChI=1S/C20H46O7Si2/c1-9-22-28(23-10-2,24-11-3)19(7)15-17-21-18-16-20(8)29(25-12-4,26-13-5)27-14-6/h19-20H,9-18H2,1-8H3. The SMILES string of the molecule is CCO[Si](OCC)(OCC)C(C)CCOCCC(C)[Si](OCC)(OCC)OCC. The van der Waals surface area contributed by atoms with Crippen molar-refractivity contribution >= 4 is 17.6 Å². The van der Waals surface area contributed by atoms with E-state index in [2.05, 4.69) is 13.8 Å². The lowest BCUT2D eigenvalue weighted by Crippen LogP contribution is -2.50. The van der Waals surface area contributed by atoms with Gasteiger partial charge >= 0.3 is 17.6 Å². The molecule has 0 aromatic rings. The van der Waals surface area contributed by atoms with Gasteiger partial charge in [-0.15, -0.1) is 0 Å². The maximum Gasteiger partial charge on any atom is 0.504 e. The van der Waals surface area contributed by atoms with Crippen LogP contribution in [0.5, 0.6) is 0 Å². The lowest BCUT2D eigenvalue weighted by molar-refractivity contribution is 0.0494. The number of ether oxygens (including phenoxy) is 1. The molecule has 0 heterocycles. The Morgan fingerprint density at radius 2 is 0.724 bits per heavy atom. The molecule has 29 heavy (non-hydrogen) atoms. The Kier molecular flexibility index (Phi) is 16.9. The summed E-state index contributed by atoms with van der Waals surface area (Å²) in [7, 11) is -5.35. The summed E-state index contributed by atoms with van der Waals surface area (Å²) in [5, 5.41) is 0. The maximum absolute atomic E-state index is 5.99. The molecule has 0 aliphatic carbocycles. The van der Waals surface area contributed by atoms with E-state index in [0.29, 0.717) is 52.9 Å². The molecule has 9 heteroatoms. The van der Waals surface area contributed by atoms with E-state index in [0.717, 1.165) is 12.8 Å². The van der Waals surface area contributed by atoms with Gasteiger partial charge in [-0.2, -0.15) is 0 Å². The van der Waals surface area contributed by atoms with Crippen molar-refractivity contribution in [2.45, 2.75) is 79.3 Å². The van der Waals surface area contributed by atoms with Crippen molar-refractivity contribution in [3.05, 3.63) is 0 Å². The van der Waals surface area contributed by atoms with E-state index in [-0.39, 0.29) is 11.1 Å². The van der Waals surface area contributed by atoms with Gasteiger partial charge in [0, 0.05) is 63.9 Å². The second-order valence-corrected chi connectivity index (χ2v) is 12.9. The predicted octanol–water partition coefficient (Wildman–Crippen LogP) is 4.66. The highest BCUT2D eigenvalue weighted by molar-refractivity contribution is 6.62. The molecule has 0 amide bonds. The van der Waals surface area contributed by atoms with Crippen LogP contribution in [0.15, 0.2) is 0 Å². The van der Waals surface area contributed by atoms with Gasteiger partial charge in [-0.05, 0) is 54.4 Å². The molecule has 0 spiro atoms. The minimum Gasteiger partial charge on any atom is -0.381 e. The Bertz CT molecular complexity index is 320. The Hall–Kier alpha value is 0.154. The second kappa shape index (κ2) is 16.8. The number of hydrogen-bond donors (Lipinski definition) is 0. The quantitative estimate of drug-likeness (QED) is 0.196. The summed E-state index contributed by atoms with van der Waals surface area (Å²) in [4.78, 5) is 0. The zero-order chi connectivity index (χ0) is 22.2. The van der Waals surface area contributed by atoms with Gasteiger partial charge in [0.25, 0.3) is 0 Å². The molecule has 0 rings (SSSR count). The summed E-state index contributed by atoms with van der Waals surface area (Å²) in [6.45, 7) is 21.0. The van der Waals surface area contributed by atoms with Crippen LogP contribution < -0.4 is 0 Å². The number of hydrogen-bond acceptors (Lipinski definition) is 7. The summed E-state index contributed by atoms with van der Waals surface area (Å²) in [5.41, 5.74) is 0.368. The van der Waals surface area contributed by atoms with Gasteiger partial charge in [-0.25, -0.2) is 0 Å². The normalized spacial score (nSPS) is 14.9. The molecular formula is C20H46O7Si2. The molecule has 0 aromatic carbocycles. The van der Waals surface area contributed by atoms with Crippen LogP contribution in [0.4, 0.5) is 0 Å². The molecule has 0 saturated heterocycles. The Morgan fingerprint density at radius 3 is 0.931 bits per heavy atom. The fourth-order valence-electron chi connectivity index (χ4n) is 3.29. The molecule has 0 N–H and O–H groups in total. The molecule has 0 saturated carbocycles. The monoisotopic (exact) mass is 454 g/mol. The van der Waals surface area contributed by atoms with E-state index in [1.54, 1.807) is 0 Å². The Morgan fingerprint density at radius 1 is 0.483 bits per heavy atom. The van der Waals surface area contributed by atoms with Crippen molar-refractivity contribution < 1.29 is 31.3 Å². The molecule has 7 nitrogen and oxygen atoms in total. The van der Waals surface area contributed by atoms with Crippen molar-refractivity contribution in [1.82, 2.24) is 0 Å². The molecule has 0 bridgehead atoms. The van der Waals surface area contributed by atoms with Crippen molar-refractivity contribution in [1.29, 1.82) is 0 Å². The van der Waals surface area contributed by atoms with Gasteiger partial charge in [0.1, 0.15) is 0 Å². The minimum absolute atomic E-state index is 0.184. The van der Waals surface area contributed by atoms with Crippen LogP contribution in [-0.4, -0.2) is 70.5 Å². The van der Waals surface area contributed by atoms with Crippen molar-refractivity contribution in [2.24, 2.45) is 0 Å². The highest BCUT2D eigenvalue weighted by Crippen LogP contribution is 2.30. The first-order valence-electron chi connectivity index (χ1n) is 11.3. The molecule has 0 aliphatic heterocycles. The molecule has 2 atom stereocenters. The Labute approximate surface area is 181 Å². The second-order valence-electron chi connectivity index (χ2n) is 6.80. The van der Waals surface area contributed by atoms with Gasteiger partial charge in [-0.1, -0.05) is 13.8 Å². The van der Waals surface area contributed by atoms with Crippen LogP contribution in [0.2, 0.25) is 11.1 Å². The van der Waals surface area contributed by atoms with Gasteiger partial charge in [0.05, 0.1) is 0 Å². The first kappa shape index (κ1) is 29.2. The van der Waals surface area contributed by atoms with Crippen LogP contribution in [0.1, 0.15) is 68.2 Å². The topological polar surface area (TPSA) is 64.6 Å². The van der Waals surface area contributed by atoms with Crippen LogP contribution in [0.25, 0.3) is 0 Å². The van der Waals surface area contributed by atoms with Crippen molar-refractivity contribution in [3.8, 4) is 0 Å². The summed E-state index contributed by atoms with van der Waals surface area (Å²) < 4.78 is 41.9. The maximum atomic E-state index is 5.99. The first-order valence-corrected chi connectivity index (χ1v) is 14.9. The fraction of sp³-hybridized carbons (Fsp3) is 1.00. The largest absolute Gasteiger partial charge is 0.504 e. The van der Waals surface area contributed by atoms with Gasteiger partial charge in [-0.3, -0.25) is 0 Å². The van der Waals surface area contributed by atoms with E-state index in [1.165, 1.54) is 0 Å². The third kappa shape index (κ3) is 9.88. The van der Waals surface area contributed by atoms with Crippen LogP contribution in [0.3, 0.4) is 0 Å². The minimum atomic E-state index is -2.68. The molecular weight excluding hydrogens is 408 g/mol. The molecule has 0 aromatic heterocycles. The zero-order valence-corrected chi connectivity index (χ0v) is 22.1. The van der Waals surface area contributed by atoms with Crippen molar-refractivity contribution in [2.75, 3.05) is 52.9 Å². The average Bonchev–Trinajstić information content (AvgIpc) is 2.68. The molecule has 176 valence electrons. The van der Waals surface area contributed by atoms with E-state index in [1.807, 2.05) is 41.5 Å². The zero-order valence-electron chi connectivity index (χ0n) is 20.1. The highest BCUT2D eigenvalue weighted by atomic mass is 28.4. The Balaban J connectivity index is 4.62. The van der Waals surface area contributed by atoms with E-state index in [4.69, 9.17) is 31.3 Å². The lowest BCUT2D eigenvalue weighted by Gasteiger charge is -2.34. The molecule has 0 aliphatic rings. The van der Waals surface area contributed by atoms with Crippen molar-refractivity contribution in [3.63, 3.8) is 0 Å². The van der Waals surface area contributed by atoms with E-state index >= 15 is 0 Å². The molecule has 0 fully saturated rings. The smallest absolute Gasteiger partial charge is 0.381 e. The fourth-order valence-corrected chi connectivity index (χ4v) is 8.85. The van der Waals surface area contributed by atoms with Gasteiger partial charge in [0.2, 0.25) is 0 Å². The highest BCUT2D eigenvalue weighted by Gasteiger charge is 2.47. The summed E-state index contributed by atoms with van der Waals surface area (Å²) in [6.07, 6.45) is 1.68.